The highest BCUT2D eigenvalue weighted by atomic mass is 35.5. The summed E-state index contributed by atoms with van der Waals surface area (Å²) in [4.78, 5) is 15.8. The molecule has 6 nitrogen and oxygen atoms in total. The van der Waals surface area contributed by atoms with E-state index in [0.717, 1.165) is 17.3 Å². The smallest absolute Gasteiger partial charge is 0.246 e. The van der Waals surface area contributed by atoms with Crippen molar-refractivity contribution in [2.45, 2.75) is 13.3 Å². The van der Waals surface area contributed by atoms with Crippen LogP contribution in [0.2, 0.25) is 0 Å². The first-order chi connectivity index (χ1) is 11.2. The van der Waals surface area contributed by atoms with Crippen LogP contribution in [0.3, 0.4) is 0 Å². The average molecular weight is 349 g/mol. The molecule has 1 amide bonds. The van der Waals surface area contributed by atoms with E-state index in [2.05, 4.69) is 34.7 Å². The van der Waals surface area contributed by atoms with E-state index in [0.29, 0.717) is 24.5 Å². The number of hydrogen-bond donors (Lipinski definition) is 2. The Morgan fingerprint density at radius 1 is 1.33 bits per heavy atom. The number of nitrogens with one attached hydrogen (secondary N) is 2. The van der Waals surface area contributed by atoms with Crippen LogP contribution in [0, 0.1) is 11.3 Å². The quantitative estimate of drug-likeness (QED) is 0.749. The molecule has 1 heterocycles. The molecule has 2 aromatic rings. The Balaban J connectivity index is 0.00000288. The monoisotopic (exact) mass is 348 g/mol. The molecule has 0 saturated heterocycles. The molecular formula is C17H21ClN4O2. The van der Waals surface area contributed by atoms with Crippen LogP contribution >= 0.6 is 12.4 Å². The molecule has 7 heteroatoms. The van der Waals surface area contributed by atoms with Crippen LogP contribution in [0.1, 0.15) is 18.1 Å². The lowest BCUT2D eigenvalue weighted by Crippen LogP contribution is -2.31. The molecule has 0 unspecified atom stereocenters. The number of aromatic nitrogens is 1. The average Bonchev–Trinajstić information content (AvgIpc) is 2.57. The molecule has 2 N–H and O–H groups in total. The van der Waals surface area contributed by atoms with Gasteiger partial charge < -0.3 is 15.4 Å². The third-order valence-corrected chi connectivity index (χ3v) is 3.42. The highest BCUT2D eigenvalue weighted by molar-refractivity contribution is 5.85. The van der Waals surface area contributed by atoms with Gasteiger partial charge in [-0.25, -0.2) is 4.98 Å². The number of carbonyl (C=O) groups excluding carboxylic acids is 1. The summed E-state index contributed by atoms with van der Waals surface area (Å²) in [6.07, 6.45) is 0.943. The summed E-state index contributed by atoms with van der Waals surface area (Å²) in [7, 11) is 1.47. The van der Waals surface area contributed by atoms with Gasteiger partial charge in [-0.2, -0.15) is 5.26 Å². The number of aryl methyl sites for hydroxylation is 1. The molecule has 0 radical (unpaired) electrons. The molecular weight excluding hydrogens is 328 g/mol. The van der Waals surface area contributed by atoms with Gasteiger partial charge in [0.25, 0.3) is 0 Å². The Morgan fingerprint density at radius 2 is 2.12 bits per heavy atom. The minimum atomic E-state index is -0.173. The molecule has 0 bridgehead atoms. The van der Waals surface area contributed by atoms with E-state index in [4.69, 9.17) is 4.74 Å². The predicted molar refractivity (Wildman–Crippen MR) is 96.5 cm³/mol. The minimum absolute atomic E-state index is 0. The second-order valence-electron chi connectivity index (χ2n) is 5.09. The molecule has 0 fully saturated rings. The van der Waals surface area contributed by atoms with E-state index < -0.39 is 0 Å². The lowest BCUT2D eigenvalue weighted by Gasteiger charge is -2.10. The van der Waals surface area contributed by atoms with Gasteiger partial charge in [0.2, 0.25) is 5.91 Å². The van der Waals surface area contributed by atoms with Gasteiger partial charge in [0.15, 0.2) is 0 Å². The van der Waals surface area contributed by atoms with Crippen LogP contribution < -0.4 is 10.6 Å². The number of fused-ring (bicyclic) bond motifs is 1. The van der Waals surface area contributed by atoms with Crippen molar-refractivity contribution in [3.8, 4) is 6.07 Å². The van der Waals surface area contributed by atoms with Crippen LogP contribution in [0.5, 0.6) is 0 Å². The summed E-state index contributed by atoms with van der Waals surface area (Å²) < 4.78 is 4.73. The molecule has 0 atom stereocenters. The van der Waals surface area contributed by atoms with Crippen molar-refractivity contribution in [3.05, 3.63) is 35.4 Å². The zero-order valence-corrected chi connectivity index (χ0v) is 14.6. The zero-order chi connectivity index (χ0) is 16.7. The summed E-state index contributed by atoms with van der Waals surface area (Å²) in [5.41, 5.74) is 2.55. The number of nitriles is 1. The molecule has 24 heavy (non-hydrogen) atoms. The third kappa shape index (κ3) is 5.08. The van der Waals surface area contributed by atoms with Crippen molar-refractivity contribution in [2.75, 3.05) is 32.1 Å². The lowest BCUT2D eigenvalue weighted by atomic mass is 10.1. The molecule has 0 spiro atoms. The van der Waals surface area contributed by atoms with Gasteiger partial charge >= 0.3 is 0 Å². The van der Waals surface area contributed by atoms with Crippen LogP contribution in [-0.2, 0) is 16.0 Å². The number of methoxy groups -OCH3 is 1. The van der Waals surface area contributed by atoms with E-state index in [1.165, 1.54) is 12.7 Å². The zero-order valence-electron chi connectivity index (χ0n) is 13.8. The van der Waals surface area contributed by atoms with Gasteiger partial charge in [-0.1, -0.05) is 13.0 Å². The number of ether oxygens (including phenoxy) is 1. The largest absolute Gasteiger partial charge is 0.375 e. The van der Waals surface area contributed by atoms with E-state index in [-0.39, 0.29) is 24.9 Å². The van der Waals surface area contributed by atoms with Gasteiger partial charge in [-0.3, -0.25) is 4.79 Å². The number of nitrogens with zero attached hydrogens (tertiary/aromatic N) is 2. The molecule has 0 aliphatic heterocycles. The Bertz CT molecular complexity index is 743. The minimum Gasteiger partial charge on any atom is -0.375 e. The molecule has 1 aromatic carbocycles. The standard InChI is InChI=1S/C17H20N4O2.ClH/c1-3-12-4-5-15-13(8-12)9-14(10-18)17(21-15)20-7-6-19-16(22)11-23-2;/h4-5,8-9H,3,6-7,11H2,1-2H3,(H,19,22)(H,20,21);1H. The number of amides is 1. The number of carbonyl (C=O) groups is 1. The normalized spacial score (nSPS) is 9.88. The second kappa shape index (κ2) is 9.71. The van der Waals surface area contributed by atoms with Crippen LogP contribution in [0.25, 0.3) is 10.9 Å². The van der Waals surface area contributed by atoms with Crippen molar-refractivity contribution >= 4 is 35.0 Å². The number of anilines is 1. The molecule has 128 valence electrons. The maximum atomic E-state index is 11.3. The van der Waals surface area contributed by atoms with Crippen molar-refractivity contribution in [3.63, 3.8) is 0 Å². The SMILES string of the molecule is CCc1ccc2nc(NCCNC(=O)COC)c(C#N)cc2c1.Cl. The van der Waals surface area contributed by atoms with Gasteiger partial charge in [0.1, 0.15) is 18.5 Å². The lowest BCUT2D eigenvalue weighted by molar-refractivity contribution is -0.124. The van der Waals surface area contributed by atoms with Crippen molar-refractivity contribution < 1.29 is 9.53 Å². The van der Waals surface area contributed by atoms with E-state index in [1.807, 2.05) is 18.2 Å². The highest BCUT2D eigenvalue weighted by Crippen LogP contribution is 2.21. The first kappa shape index (κ1) is 19.7. The van der Waals surface area contributed by atoms with Crippen molar-refractivity contribution in [1.29, 1.82) is 5.26 Å². The Labute approximate surface area is 147 Å². The number of benzene rings is 1. The number of halogens is 1. The maximum Gasteiger partial charge on any atom is 0.246 e. The molecule has 0 aliphatic carbocycles. The van der Waals surface area contributed by atoms with Gasteiger partial charge in [-0.15, -0.1) is 12.4 Å². The van der Waals surface area contributed by atoms with E-state index in [9.17, 15) is 10.1 Å². The Hall–Kier alpha value is -2.36. The van der Waals surface area contributed by atoms with Gasteiger partial charge in [0.05, 0.1) is 11.1 Å². The summed E-state index contributed by atoms with van der Waals surface area (Å²) in [6, 6.07) is 10.1. The van der Waals surface area contributed by atoms with E-state index in [1.54, 1.807) is 0 Å². The number of hydrogen-bond acceptors (Lipinski definition) is 5. The molecule has 0 aliphatic rings. The third-order valence-electron chi connectivity index (χ3n) is 3.42. The molecule has 2 rings (SSSR count). The molecule has 1 aromatic heterocycles. The summed E-state index contributed by atoms with van der Waals surface area (Å²) >= 11 is 0. The summed E-state index contributed by atoms with van der Waals surface area (Å²) in [5.74, 6) is 0.360. The van der Waals surface area contributed by atoms with Gasteiger partial charge in [0, 0.05) is 25.6 Å². The topological polar surface area (TPSA) is 87.0 Å². The number of rotatable bonds is 7. The van der Waals surface area contributed by atoms with E-state index >= 15 is 0 Å². The predicted octanol–water partition coefficient (Wildman–Crippen LogP) is 2.27. The maximum absolute atomic E-state index is 11.3. The highest BCUT2D eigenvalue weighted by Gasteiger charge is 2.07. The van der Waals surface area contributed by atoms with Crippen LogP contribution in [0.15, 0.2) is 24.3 Å². The first-order valence-electron chi connectivity index (χ1n) is 7.51. The fourth-order valence-corrected chi connectivity index (χ4v) is 2.23. The van der Waals surface area contributed by atoms with Crippen LogP contribution in [-0.4, -0.2) is 37.7 Å². The van der Waals surface area contributed by atoms with Crippen molar-refractivity contribution in [1.82, 2.24) is 10.3 Å². The Kier molecular flexibility index (Phi) is 7.96. The molecule has 0 saturated carbocycles. The fourth-order valence-electron chi connectivity index (χ4n) is 2.23. The van der Waals surface area contributed by atoms with Gasteiger partial charge in [-0.05, 0) is 30.2 Å². The number of pyridine rings is 1. The summed E-state index contributed by atoms with van der Waals surface area (Å²) in [6.45, 7) is 3.04. The van der Waals surface area contributed by atoms with Crippen LogP contribution in [0.4, 0.5) is 5.82 Å². The second-order valence-corrected chi connectivity index (χ2v) is 5.09. The fraction of sp³-hybridized carbons (Fsp3) is 0.353. The first-order valence-corrected chi connectivity index (χ1v) is 7.51. The van der Waals surface area contributed by atoms with Crippen molar-refractivity contribution in [2.24, 2.45) is 0 Å². The Morgan fingerprint density at radius 3 is 2.79 bits per heavy atom. The summed E-state index contributed by atoms with van der Waals surface area (Å²) in [5, 5.41) is 16.1.